The van der Waals surface area contributed by atoms with E-state index in [1.165, 1.54) is 0 Å². The Balaban J connectivity index is 2.18. The van der Waals surface area contributed by atoms with Gasteiger partial charge in [0.2, 0.25) is 0 Å². The van der Waals surface area contributed by atoms with Crippen molar-refractivity contribution in [3.63, 3.8) is 0 Å². The fraction of sp³-hybridized carbons (Fsp3) is 0.571. The van der Waals surface area contributed by atoms with Crippen LogP contribution in [0.15, 0.2) is 24.3 Å². The van der Waals surface area contributed by atoms with Crippen molar-refractivity contribution >= 4 is 0 Å². The zero-order valence-corrected chi connectivity index (χ0v) is 10.2. The lowest BCUT2D eigenvalue weighted by atomic mass is 9.89. The highest BCUT2D eigenvalue weighted by Crippen LogP contribution is 2.40. The van der Waals surface area contributed by atoms with Crippen LogP contribution in [0, 0.1) is 0 Å². The minimum Gasteiger partial charge on any atom is -0.494 e. The van der Waals surface area contributed by atoms with Crippen molar-refractivity contribution in [2.24, 2.45) is 0 Å². The summed E-state index contributed by atoms with van der Waals surface area (Å²) in [4.78, 5) is 0. The molecule has 1 aliphatic carbocycles. The average Bonchev–Trinajstić information content (AvgIpc) is 2.77. The first-order valence-corrected chi connectivity index (χ1v) is 6.29. The molecule has 1 atom stereocenters. The second-order valence-corrected chi connectivity index (χ2v) is 4.72. The molecule has 1 saturated carbocycles. The molecule has 1 aromatic carbocycles. The monoisotopic (exact) mass is 236 g/mol. The molecule has 17 heavy (non-hydrogen) atoms. The van der Waals surface area contributed by atoms with Crippen LogP contribution in [-0.4, -0.2) is 22.4 Å². The summed E-state index contributed by atoms with van der Waals surface area (Å²) in [6.45, 7) is 2.53. The molecule has 3 nitrogen and oxygen atoms in total. The van der Waals surface area contributed by atoms with Gasteiger partial charge in [-0.1, -0.05) is 25.0 Å². The number of rotatable bonds is 4. The molecule has 3 heteroatoms. The van der Waals surface area contributed by atoms with Gasteiger partial charge >= 0.3 is 0 Å². The summed E-state index contributed by atoms with van der Waals surface area (Å²) >= 11 is 0. The second-order valence-electron chi connectivity index (χ2n) is 4.72. The van der Waals surface area contributed by atoms with Gasteiger partial charge in [-0.3, -0.25) is 0 Å². The highest BCUT2D eigenvalue weighted by molar-refractivity contribution is 5.31. The number of aliphatic hydroxyl groups excluding tert-OH is 1. The maximum Gasteiger partial charge on any atom is 0.119 e. The first-order chi connectivity index (χ1) is 8.15. The van der Waals surface area contributed by atoms with Crippen molar-refractivity contribution < 1.29 is 14.9 Å². The summed E-state index contributed by atoms with van der Waals surface area (Å²) in [5.41, 5.74) is -0.217. The quantitative estimate of drug-likeness (QED) is 0.844. The summed E-state index contributed by atoms with van der Waals surface area (Å²) in [5, 5.41) is 20.6. The highest BCUT2D eigenvalue weighted by Gasteiger charge is 2.39. The topological polar surface area (TPSA) is 49.7 Å². The fourth-order valence-corrected chi connectivity index (χ4v) is 2.51. The minimum absolute atomic E-state index is 0.601. The summed E-state index contributed by atoms with van der Waals surface area (Å²) in [7, 11) is 0. The molecule has 0 heterocycles. The summed E-state index contributed by atoms with van der Waals surface area (Å²) in [6, 6.07) is 7.36. The molecule has 2 rings (SSSR count). The lowest BCUT2D eigenvalue weighted by Gasteiger charge is -2.28. The van der Waals surface area contributed by atoms with Gasteiger partial charge in [-0.2, -0.15) is 0 Å². The normalized spacial score (nSPS) is 20.2. The number of ether oxygens (including phenoxy) is 1. The Bertz CT molecular complexity index is 369. The molecule has 0 spiro atoms. The van der Waals surface area contributed by atoms with Crippen molar-refractivity contribution in [1.82, 2.24) is 0 Å². The molecule has 0 aromatic heterocycles. The van der Waals surface area contributed by atoms with Crippen LogP contribution in [0.5, 0.6) is 5.75 Å². The standard InChI is InChI=1S/C14H20O3/c1-2-17-12-7-5-6-11(10-12)13(15)14(16)8-3-4-9-14/h5-7,10,13,15-16H,2-4,8-9H2,1H3. The third-order valence-corrected chi connectivity index (χ3v) is 3.46. The van der Waals surface area contributed by atoms with E-state index in [9.17, 15) is 10.2 Å². The van der Waals surface area contributed by atoms with Gasteiger partial charge in [0.1, 0.15) is 11.9 Å². The van der Waals surface area contributed by atoms with Crippen molar-refractivity contribution in [3.05, 3.63) is 29.8 Å². The smallest absolute Gasteiger partial charge is 0.119 e. The van der Waals surface area contributed by atoms with Crippen molar-refractivity contribution in [3.8, 4) is 5.75 Å². The molecule has 1 aromatic rings. The van der Waals surface area contributed by atoms with E-state index in [4.69, 9.17) is 4.74 Å². The Kier molecular flexibility index (Phi) is 3.69. The molecule has 2 N–H and O–H groups in total. The molecule has 94 valence electrons. The zero-order valence-electron chi connectivity index (χ0n) is 10.2. The largest absolute Gasteiger partial charge is 0.494 e. The lowest BCUT2D eigenvalue weighted by molar-refractivity contribution is -0.0719. The van der Waals surface area contributed by atoms with Gasteiger partial charge in [0.25, 0.3) is 0 Å². The second kappa shape index (κ2) is 5.07. The predicted molar refractivity (Wildman–Crippen MR) is 66.0 cm³/mol. The van der Waals surface area contributed by atoms with Crippen LogP contribution in [-0.2, 0) is 0 Å². The number of hydrogen-bond acceptors (Lipinski definition) is 3. The van der Waals surface area contributed by atoms with Gasteiger partial charge in [-0.25, -0.2) is 0 Å². The van der Waals surface area contributed by atoms with Gasteiger partial charge in [0, 0.05) is 0 Å². The van der Waals surface area contributed by atoms with E-state index < -0.39 is 11.7 Å². The van der Waals surface area contributed by atoms with Crippen LogP contribution in [0.3, 0.4) is 0 Å². The third kappa shape index (κ3) is 2.61. The van der Waals surface area contributed by atoms with Crippen LogP contribution in [0.4, 0.5) is 0 Å². The zero-order chi connectivity index (χ0) is 12.3. The maximum absolute atomic E-state index is 10.3. The van der Waals surface area contributed by atoms with Crippen LogP contribution in [0.1, 0.15) is 44.3 Å². The Hall–Kier alpha value is -1.06. The first kappa shape index (κ1) is 12.4. The molecular formula is C14H20O3. The van der Waals surface area contributed by atoms with Crippen molar-refractivity contribution in [2.45, 2.75) is 44.3 Å². The van der Waals surface area contributed by atoms with E-state index >= 15 is 0 Å². The van der Waals surface area contributed by atoms with Gasteiger partial charge < -0.3 is 14.9 Å². The molecule has 1 unspecified atom stereocenters. The Labute approximate surface area is 102 Å². The minimum atomic E-state index is -0.954. The molecule has 0 radical (unpaired) electrons. The maximum atomic E-state index is 10.3. The summed E-state index contributed by atoms with van der Waals surface area (Å²) in [6.07, 6.45) is 2.50. The molecule has 0 amide bonds. The highest BCUT2D eigenvalue weighted by atomic mass is 16.5. The Morgan fingerprint density at radius 1 is 1.35 bits per heavy atom. The number of benzene rings is 1. The van der Waals surface area contributed by atoms with Crippen molar-refractivity contribution in [1.29, 1.82) is 0 Å². The molecule has 0 saturated heterocycles. The van der Waals surface area contributed by atoms with Crippen molar-refractivity contribution in [2.75, 3.05) is 6.61 Å². The van der Waals surface area contributed by atoms with Crippen LogP contribution in [0.2, 0.25) is 0 Å². The number of hydrogen-bond donors (Lipinski definition) is 2. The van der Waals surface area contributed by atoms with Gasteiger partial charge in [-0.05, 0) is 37.5 Å². The number of aliphatic hydroxyl groups is 2. The van der Waals surface area contributed by atoms with E-state index in [1.54, 1.807) is 0 Å². The van der Waals surface area contributed by atoms with E-state index in [-0.39, 0.29) is 0 Å². The molecule has 0 bridgehead atoms. The Morgan fingerprint density at radius 2 is 2.06 bits per heavy atom. The first-order valence-electron chi connectivity index (χ1n) is 6.29. The third-order valence-electron chi connectivity index (χ3n) is 3.46. The van der Waals surface area contributed by atoms with Gasteiger partial charge in [-0.15, -0.1) is 0 Å². The SMILES string of the molecule is CCOc1cccc(C(O)C2(O)CCCC2)c1. The van der Waals surface area contributed by atoms with E-state index in [0.717, 1.165) is 24.2 Å². The summed E-state index contributed by atoms with van der Waals surface area (Å²) < 4.78 is 5.40. The molecular weight excluding hydrogens is 216 g/mol. The van der Waals surface area contributed by atoms with E-state index in [0.29, 0.717) is 19.4 Å². The van der Waals surface area contributed by atoms with Gasteiger partial charge in [0.15, 0.2) is 0 Å². The molecule has 1 fully saturated rings. The van der Waals surface area contributed by atoms with Crippen LogP contribution >= 0.6 is 0 Å². The predicted octanol–water partition coefficient (Wildman–Crippen LogP) is 2.42. The van der Waals surface area contributed by atoms with E-state index in [2.05, 4.69) is 0 Å². The summed E-state index contributed by atoms with van der Waals surface area (Å²) in [5.74, 6) is 0.741. The molecule has 1 aliphatic rings. The van der Waals surface area contributed by atoms with Crippen LogP contribution < -0.4 is 4.74 Å². The van der Waals surface area contributed by atoms with Gasteiger partial charge in [0.05, 0.1) is 12.2 Å². The molecule has 0 aliphatic heterocycles. The fourth-order valence-electron chi connectivity index (χ4n) is 2.51. The van der Waals surface area contributed by atoms with E-state index in [1.807, 2.05) is 31.2 Å². The average molecular weight is 236 g/mol. The van der Waals surface area contributed by atoms with Crippen LogP contribution in [0.25, 0.3) is 0 Å². The lowest BCUT2D eigenvalue weighted by Crippen LogP contribution is -2.32. The Morgan fingerprint density at radius 3 is 2.71 bits per heavy atom.